The maximum Gasteiger partial charge on any atom is 0.119 e. The van der Waals surface area contributed by atoms with Crippen molar-refractivity contribution < 1.29 is 4.74 Å². The lowest BCUT2D eigenvalue weighted by atomic mass is 9.86. The molecule has 0 aliphatic carbocycles. The number of ether oxygens (including phenoxy) is 1. The maximum atomic E-state index is 5.90. The Bertz CT molecular complexity index is 1350. The summed E-state index contributed by atoms with van der Waals surface area (Å²) in [7, 11) is 0. The zero-order valence-corrected chi connectivity index (χ0v) is 19.1. The molecule has 0 N–H and O–H groups in total. The Balaban J connectivity index is 1.73. The van der Waals surface area contributed by atoms with Crippen molar-refractivity contribution in [2.45, 2.75) is 19.8 Å². The van der Waals surface area contributed by atoms with Crippen molar-refractivity contribution in [2.24, 2.45) is 0 Å². The van der Waals surface area contributed by atoms with Crippen molar-refractivity contribution in [1.29, 1.82) is 0 Å². The van der Waals surface area contributed by atoms with Crippen molar-refractivity contribution in [3.05, 3.63) is 109 Å². The molecular weight excluding hydrogens is 400 g/mol. The van der Waals surface area contributed by atoms with Gasteiger partial charge in [0.15, 0.2) is 0 Å². The molecular formula is C32H28O. The van der Waals surface area contributed by atoms with E-state index in [4.69, 9.17) is 4.74 Å². The smallest absolute Gasteiger partial charge is 0.119 e. The Morgan fingerprint density at radius 1 is 0.636 bits per heavy atom. The summed E-state index contributed by atoms with van der Waals surface area (Å²) < 4.78 is 5.90. The van der Waals surface area contributed by atoms with Crippen LogP contribution in [0, 0.1) is 0 Å². The Kier molecular flexibility index (Phi) is 5.95. The molecule has 5 aromatic carbocycles. The molecule has 0 bridgehead atoms. The highest BCUT2D eigenvalue weighted by atomic mass is 16.5. The number of benzene rings is 5. The van der Waals surface area contributed by atoms with Crippen LogP contribution in [0.15, 0.2) is 104 Å². The molecule has 1 nitrogen and oxygen atoms in total. The van der Waals surface area contributed by atoms with E-state index < -0.39 is 0 Å². The Morgan fingerprint density at radius 2 is 1.09 bits per heavy atom. The molecule has 0 aromatic heterocycles. The minimum atomic E-state index is 0.765. The molecule has 0 radical (unpaired) electrons. The first-order chi connectivity index (χ1) is 16.3. The lowest BCUT2D eigenvalue weighted by molar-refractivity contribution is 0.309. The first-order valence-corrected chi connectivity index (χ1v) is 11.7. The van der Waals surface area contributed by atoms with Gasteiger partial charge < -0.3 is 4.74 Å². The summed E-state index contributed by atoms with van der Waals surface area (Å²) >= 11 is 0. The molecule has 162 valence electrons. The van der Waals surface area contributed by atoms with Crippen LogP contribution in [0.5, 0.6) is 5.75 Å². The van der Waals surface area contributed by atoms with Gasteiger partial charge in [0.05, 0.1) is 6.61 Å². The molecule has 5 aromatic rings. The summed E-state index contributed by atoms with van der Waals surface area (Å²) in [5, 5.41) is 5.05. The second-order valence-corrected chi connectivity index (χ2v) is 8.39. The molecule has 0 unspecified atom stereocenters. The zero-order chi connectivity index (χ0) is 22.6. The minimum Gasteiger partial charge on any atom is -0.494 e. The van der Waals surface area contributed by atoms with Gasteiger partial charge in [-0.1, -0.05) is 111 Å². The number of rotatable bonds is 7. The summed E-state index contributed by atoms with van der Waals surface area (Å²) in [6, 6.07) is 34.7. The van der Waals surface area contributed by atoms with E-state index in [0.717, 1.165) is 30.8 Å². The van der Waals surface area contributed by atoms with Crippen molar-refractivity contribution >= 4 is 27.6 Å². The fourth-order valence-corrected chi connectivity index (χ4v) is 4.59. The minimum absolute atomic E-state index is 0.765. The number of hydrogen-bond acceptors (Lipinski definition) is 1. The summed E-state index contributed by atoms with van der Waals surface area (Å²) in [5.41, 5.74) is 6.11. The van der Waals surface area contributed by atoms with Gasteiger partial charge in [0, 0.05) is 0 Å². The summed E-state index contributed by atoms with van der Waals surface area (Å²) in [6.45, 7) is 6.84. The third-order valence-electron chi connectivity index (χ3n) is 6.28. The van der Waals surface area contributed by atoms with Gasteiger partial charge in [0.2, 0.25) is 0 Å². The average Bonchev–Trinajstić information content (AvgIpc) is 2.88. The number of hydrogen-bond donors (Lipinski definition) is 0. The first-order valence-electron chi connectivity index (χ1n) is 11.7. The molecule has 0 fully saturated rings. The average molecular weight is 429 g/mol. The van der Waals surface area contributed by atoms with E-state index in [0.29, 0.717) is 0 Å². The Morgan fingerprint density at radius 3 is 1.52 bits per heavy atom. The predicted octanol–water partition coefficient (Wildman–Crippen LogP) is 9.15. The molecule has 0 aliphatic heterocycles. The second kappa shape index (κ2) is 9.34. The van der Waals surface area contributed by atoms with Gasteiger partial charge in [-0.15, -0.1) is 0 Å². The summed E-state index contributed by atoms with van der Waals surface area (Å²) in [4.78, 5) is 0. The first kappa shape index (κ1) is 21.0. The molecule has 0 aliphatic rings. The van der Waals surface area contributed by atoms with E-state index in [1.54, 1.807) is 0 Å². The van der Waals surface area contributed by atoms with Crippen molar-refractivity contribution in [3.63, 3.8) is 0 Å². The maximum absolute atomic E-state index is 5.90. The van der Waals surface area contributed by atoms with Crippen LogP contribution in [0.1, 0.15) is 25.3 Å². The van der Waals surface area contributed by atoms with E-state index in [-0.39, 0.29) is 0 Å². The highest BCUT2D eigenvalue weighted by Crippen LogP contribution is 2.43. The zero-order valence-electron chi connectivity index (χ0n) is 19.1. The van der Waals surface area contributed by atoms with Crippen LogP contribution in [0.3, 0.4) is 0 Å². The van der Waals surface area contributed by atoms with E-state index in [9.17, 15) is 0 Å². The van der Waals surface area contributed by atoms with Crippen LogP contribution < -0.4 is 4.74 Å². The molecule has 5 rings (SSSR count). The monoisotopic (exact) mass is 428 g/mol. The predicted molar refractivity (Wildman–Crippen MR) is 143 cm³/mol. The van der Waals surface area contributed by atoms with Crippen LogP contribution in [0.25, 0.3) is 49.9 Å². The molecule has 0 saturated carbocycles. The van der Waals surface area contributed by atoms with Crippen LogP contribution in [0.2, 0.25) is 0 Å². The molecule has 0 atom stereocenters. The van der Waals surface area contributed by atoms with E-state index >= 15 is 0 Å². The SMILES string of the molecule is C=Cc1ccc(-c2c3ccccc3c(-c3ccc(OCCCC)cc3)c3ccccc23)cc1. The van der Waals surface area contributed by atoms with Gasteiger partial charge >= 0.3 is 0 Å². The fourth-order valence-electron chi connectivity index (χ4n) is 4.59. The normalized spacial score (nSPS) is 11.1. The van der Waals surface area contributed by atoms with Gasteiger partial charge in [-0.05, 0) is 67.9 Å². The van der Waals surface area contributed by atoms with Gasteiger partial charge in [-0.25, -0.2) is 0 Å². The van der Waals surface area contributed by atoms with Gasteiger partial charge in [0.25, 0.3) is 0 Å². The Hall–Kier alpha value is -3.84. The van der Waals surface area contributed by atoms with E-state index in [2.05, 4.69) is 111 Å². The van der Waals surface area contributed by atoms with Gasteiger partial charge in [-0.2, -0.15) is 0 Å². The van der Waals surface area contributed by atoms with Crippen LogP contribution in [-0.2, 0) is 0 Å². The number of fused-ring (bicyclic) bond motifs is 2. The highest BCUT2D eigenvalue weighted by molar-refractivity contribution is 6.21. The molecule has 0 saturated heterocycles. The topological polar surface area (TPSA) is 9.23 Å². The van der Waals surface area contributed by atoms with Crippen LogP contribution in [-0.4, -0.2) is 6.61 Å². The fraction of sp³-hybridized carbons (Fsp3) is 0.125. The quantitative estimate of drug-likeness (QED) is 0.185. The van der Waals surface area contributed by atoms with Crippen LogP contribution in [0.4, 0.5) is 0 Å². The van der Waals surface area contributed by atoms with Gasteiger partial charge in [-0.3, -0.25) is 0 Å². The molecule has 1 heteroatoms. The van der Waals surface area contributed by atoms with E-state index in [1.807, 2.05) is 6.08 Å². The van der Waals surface area contributed by atoms with Crippen molar-refractivity contribution in [1.82, 2.24) is 0 Å². The highest BCUT2D eigenvalue weighted by Gasteiger charge is 2.16. The summed E-state index contributed by atoms with van der Waals surface area (Å²) in [6.07, 6.45) is 4.10. The largest absolute Gasteiger partial charge is 0.494 e. The van der Waals surface area contributed by atoms with Gasteiger partial charge in [0.1, 0.15) is 5.75 Å². The molecule has 0 spiro atoms. The second-order valence-electron chi connectivity index (χ2n) is 8.39. The molecule has 33 heavy (non-hydrogen) atoms. The molecule has 0 amide bonds. The molecule has 0 heterocycles. The number of unbranched alkanes of at least 4 members (excludes halogenated alkanes) is 1. The van der Waals surface area contributed by atoms with Crippen molar-refractivity contribution in [2.75, 3.05) is 6.61 Å². The third kappa shape index (κ3) is 4.03. The standard InChI is InChI=1S/C32H28O/c1-3-5-22-33-26-20-18-25(19-21-26)32-29-12-8-6-10-27(29)31(28-11-7-9-13-30(28)32)24-16-14-23(4-2)15-17-24/h4,6-21H,2-3,5,22H2,1H3. The summed E-state index contributed by atoms with van der Waals surface area (Å²) in [5.74, 6) is 0.930. The lowest BCUT2D eigenvalue weighted by Crippen LogP contribution is -1.96. The lowest BCUT2D eigenvalue weighted by Gasteiger charge is -2.18. The third-order valence-corrected chi connectivity index (χ3v) is 6.28. The van der Waals surface area contributed by atoms with Crippen molar-refractivity contribution in [3.8, 4) is 28.0 Å². The van der Waals surface area contributed by atoms with Crippen LogP contribution >= 0.6 is 0 Å². The van der Waals surface area contributed by atoms with E-state index in [1.165, 1.54) is 43.8 Å². The Labute approximate surface area is 196 Å².